The van der Waals surface area contributed by atoms with E-state index >= 15 is 0 Å². The zero-order valence-corrected chi connectivity index (χ0v) is 13.0. The molecule has 1 N–H and O–H groups in total. The van der Waals surface area contributed by atoms with Crippen molar-refractivity contribution in [1.82, 2.24) is 10.3 Å². The normalized spacial score (nSPS) is 20.6. The van der Waals surface area contributed by atoms with Crippen molar-refractivity contribution < 1.29 is 0 Å². The van der Waals surface area contributed by atoms with E-state index in [0.717, 1.165) is 12.2 Å². The van der Waals surface area contributed by atoms with E-state index in [2.05, 4.69) is 42.4 Å². The molecule has 20 heavy (non-hydrogen) atoms. The van der Waals surface area contributed by atoms with Crippen molar-refractivity contribution in [1.29, 1.82) is 0 Å². The molecule has 110 valence electrons. The van der Waals surface area contributed by atoms with Crippen LogP contribution < -0.4 is 5.32 Å². The van der Waals surface area contributed by atoms with Gasteiger partial charge in [-0.1, -0.05) is 31.4 Å². The van der Waals surface area contributed by atoms with Crippen molar-refractivity contribution in [2.45, 2.75) is 64.8 Å². The second-order valence-corrected chi connectivity index (χ2v) is 5.85. The molecule has 1 aliphatic carbocycles. The number of hydrogen-bond donors (Lipinski definition) is 1. The van der Waals surface area contributed by atoms with Gasteiger partial charge in [0.15, 0.2) is 0 Å². The molecule has 0 bridgehead atoms. The minimum Gasteiger partial charge on any atom is -0.307 e. The summed E-state index contributed by atoms with van der Waals surface area (Å²) in [4.78, 5) is 4.33. The van der Waals surface area contributed by atoms with Crippen LogP contribution in [0.5, 0.6) is 0 Å². The van der Waals surface area contributed by atoms with E-state index in [1.54, 1.807) is 5.57 Å². The first-order valence-corrected chi connectivity index (χ1v) is 8.16. The van der Waals surface area contributed by atoms with E-state index in [4.69, 9.17) is 0 Å². The fourth-order valence-corrected chi connectivity index (χ4v) is 2.98. The number of aryl methyl sites for hydroxylation is 1. The first kappa shape index (κ1) is 15.2. The zero-order chi connectivity index (χ0) is 14.2. The first-order chi connectivity index (χ1) is 9.81. The number of nitrogens with zero attached hydrogens (tertiary/aromatic N) is 1. The molecular weight excluding hydrogens is 244 g/mol. The Hall–Kier alpha value is -1.15. The summed E-state index contributed by atoms with van der Waals surface area (Å²) in [5, 5.41) is 3.73. The van der Waals surface area contributed by atoms with Gasteiger partial charge in [-0.3, -0.25) is 4.98 Å². The lowest BCUT2D eigenvalue weighted by molar-refractivity contribution is 0.540. The van der Waals surface area contributed by atoms with Crippen LogP contribution >= 0.6 is 0 Å². The van der Waals surface area contributed by atoms with Gasteiger partial charge in [0.25, 0.3) is 0 Å². The highest BCUT2D eigenvalue weighted by Crippen LogP contribution is 2.29. The highest BCUT2D eigenvalue weighted by molar-refractivity contribution is 5.28. The third-order valence-electron chi connectivity index (χ3n) is 4.05. The molecule has 0 amide bonds. The van der Waals surface area contributed by atoms with Gasteiger partial charge in [0, 0.05) is 11.9 Å². The maximum absolute atomic E-state index is 4.33. The van der Waals surface area contributed by atoms with Crippen molar-refractivity contribution in [2.75, 3.05) is 6.54 Å². The molecule has 1 aromatic heterocycles. The number of rotatable bonds is 5. The Morgan fingerprint density at radius 3 is 2.90 bits per heavy atom. The molecule has 1 aliphatic rings. The van der Waals surface area contributed by atoms with E-state index < -0.39 is 0 Å². The summed E-state index contributed by atoms with van der Waals surface area (Å²) in [6.07, 6.45) is 13.5. The lowest BCUT2D eigenvalue weighted by atomic mass is 9.91. The summed E-state index contributed by atoms with van der Waals surface area (Å²) >= 11 is 0. The topological polar surface area (TPSA) is 24.9 Å². The van der Waals surface area contributed by atoms with Gasteiger partial charge in [0.1, 0.15) is 0 Å². The summed E-state index contributed by atoms with van der Waals surface area (Å²) in [7, 11) is 0. The van der Waals surface area contributed by atoms with Gasteiger partial charge in [-0.05, 0) is 63.3 Å². The SMILES string of the molecule is CCCNC(/C1=C/CCCCCC1)c1ccnc(C)c1. The van der Waals surface area contributed by atoms with E-state index in [0.29, 0.717) is 6.04 Å². The molecule has 2 nitrogen and oxygen atoms in total. The van der Waals surface area contributed by atoms with Crippen LogP contribution in [0.2, 0.25) is 0 Å². The zero-order valence-electron chi connectivity index (χ0n) is 13.0. The minimum absolute atomic E-state index is 0.384. The lowest BCUT2D eigenvalue weighted by Crippen LogP contribution is -2.24. The summed E-state index contributed by atoms with van der Waals surface area (Å²) in [5.74, 6) is 0. The van der Waals surface area contributed by atoms with E-state index in [1.807, 2.05) is 6.20 Å². The highest BCUT2D eigenvalue weighted by Gasteiger charge is 2.16. The summed E-state index contributed by atoms with van der Waals surface area (Å²) in [5.41, 5.74) is 4.07. The molecule has 2 heteroatoms. The number of hydrogen-bond acceptors (Lipinski definition) is 2. The van der Waals surface area contributed by atoms with Crippen molar-refractivity contribution in [3.63, 3.8) is 0 Å². The molecule has 0 saturated heterocycles. The maximum Gasteiger partial charge on any atom is 0.0537 e. The molecular formula is C18H28N2. The van der Waals surface area contributed by atoms with E-state index in [1.165, 1.54) is 50.5 Å². The van der Waals surface area contributed by atoms with Crippen LogP contribution in [0.1, 0.15) is 69.2 Å². The smallest absolute Gasteiger partial charge is 0.0537 e. The Bertz CT molecular complexity index is 437. The van der Waals surface area contributed by atoms with Crippen molar-refractivity contribution in [2.24, 2.45) is 0 Å². The fraction of sp³-hybridized carbons (Fsp3) is 0.611. The van der Waals surface area contributed by atoms with Crippen LogP contribution in [0.15, 0.2) is 30.0 Å². The molecule has 1 aromatic rings. The standard InChI is InChI=1S/C18H28N2/c1-3-12-20-18(17-11-13-19-15(2)14-17)16-9-7-5-4-6-8-10-16/h9,11,13-14,18,20H,3-8,10,12H2,1-2H3/b16-9+. The number of pyridine rings is 1. The molecule has 0 spiro atoms. The van der Waals surface area contributed by atoms with E-state index in [-0.39, 0.29) is 0 Å². The Morgan fingerprint density at radius 1 is 1.25 bits per heavy atom. The quantitative estimate of drug-likeness (QED) is 0.785. The lowest BCUT2D eigenvalue weighted by Gasteiger charge is -2.24. The summed E-state index contributed by atoms with van der Waals surface area (Å²) in [6.45, 7) is 5.38. The van der Waals surface area contributed by atoms with Gasteiger partial charge >= 0.3 is 0 Å². The van der Waals surface area contributed by atoms with E-state index in [9.17, 15) is 0 Å². The first-order valence-electron chi connectivity index (χ1n) is 8.16. The average Bonchev–Trinajstić information content (AvgIpc) is 2.41. The van der Waals surface area contributed by atoms with Gasteiger partial charge < -0.3 is 5.32 Å². The van der Waals surface area contributed by atoms with Crippen LogP contribution in [0, 0.1) is 6.92 Å². The number of allylic oxidation sites excluding steroid dienone is 1. The highest BCUT2D eigenvalue weighted by atomic mass is 14.9. The minimum atomic E-state index is 0.384. The van der Waals surface area contributed by atoms with Crippen LogP contribution in [0.4, 0.5) is 0 Å². The van der Waals surface area contributed by atoms with Gasteiger partial charge in [-0.2, -0.15) is 0 Å². The van der Waals surface area contributed by atoms with Gasteiger partial charge in [0.2, 0.25) is 0 Å². The van der Waals surface area contributed by atoms with Crippen LogP contribution in [-0.4, -0.2) is 11.5 Å². The predicted octanol–water partition coefficient (Wildman–Crippen LogP) is 4.71. The van der Waals surface area contributed by atoms with Crippen molar-refractivity contribution >= 4 is 0 Å². The molecule has 0 aromatic carbocycles. The van der Waals surface area contributed by atoms with Crippen molar-refractivity contribution in [3.05, 3.63) is 41.2 Å². The Kier molecular flexibility index (Phi) is 6.25. The third kappa shape index (κ3) is 4.45. The molecule has 0 saturated carbocycles. The maximum atomic E-state index is 4.33. The van der Waals surface area contributed by atoms with Gasteiger partial charge in [0.05, 0.1) is 6.04 Å². The Labute approximate surface area is 123 Å². The molecule has 2 rings (SSSR count). The monoisotopic (exact) mass is 272 g/mol. The number of nitrogens with one attached hydrogen (secondary N) is 1. The van der Waals surface area contributed by atoms with Crippen LogP contribution in [-0.2, 0) is 0 Å². The molecule has 0 radical (unpaired) electrons. The average molecular weight is 272 g/mol. The van der Waals surface area contributed by atoms with Crippen LogP contribution in [0.3, 0.4) is 0 Å². The van der Waals surface area contributed by atoms with Gasteiger partial charge in [-0.25, -0.2) is 0 Å². The van der Waals surface area contributed by atoms with Gasteiger partial charge in [-0.15, -0.1) is 0 Å². The molecule has 1 heterocycles. The second-order valence-electron chi connectivity index (χ2n) is 5.85. The molecule has 1 atom stereocenters. The Balaban J connectivity index is 2.21. The van der Waals surface area contributed by atoms with Crippen molar-refractivity contribution in [3.8, 4) is 0 Å². The Morgan fingerprint density at radius 2 is 2.10 bits per heavy atom. The fourth-order valence-electron chi connectivity index (χ4n) is 2.98. The summed E-state index contributed by atoms with van der Waals surface area (Å²) in [6, 6.07) is 4.78. The second kappa shape index (κ2) is 8.21. The predicted molar refractivity (Wildman–Crippen MR) is 85.8 cm³/mol. The largest absolute Gasteiger partial charge is 0.307 e. The molecule has 1 unspecified atom stereocenters. The number of aromatic nitrogens is 1. The molecule has 0 fully saturated rings. The molecule has 0 aliphatic heterocycles. The summed E-state index contributed by atoms with van der Waals surface area (Å²) < 4.78 is 0. The van der Waals surface area contributed by atoms with Crippen LogP contribution in [0.25, 0.3) is 0 Å². The third-order valence-corrected chi connectivity index (χ3v) is 4.05.